The van der Waals surface area contributed by atoms with Gasteiger partial charge in [0.05, 0.1) is 0 Å². The molecule has 0 aromatic heterocycles. The third-order valence-corrected chi connectivity index (χ3v) is 2.47. The molecule has 4 heteroatoms. The van der Waals surface area contributed by atoms with Gasteiger partial charge in [0.1, 0.15) is 6.04 Å². The van der Waals surface area contributed by atoms with Crippen LogP contribution in [0.1, 0.15) is 40.5 Å². The molecule has 2 amide bonds. The van der Waals surface area contributed by atoms with Crippen LogP contribution in [0.25, 0.3) is 0 Å². The van der Waals surface area contributed by atoms with Crippen LogP contribution in [0.4, 0.5) is 0 Å². The number of nitrogens with zero attached hydrogens (tertiary/aromatic N) is 1. The Balaban J connectivity index is 4.54. The molecule has 0 aliphatic heterocycles. The molecule has 0 spiro atoms. The summed E-state index contributed by atoms with van der Waals surface area (Å²) in [5.74, 6) is 0.196. The number of hydrogen-bond acceptors (Lipinski definition) is 2. The predicted octanol–water partition coefficient (Wildman–Crippen LogP) is 1.39. The second-order valence-corrected chi connectivity index (χ2v) is 5.15. The molecule has 0 fully saturated rings. The van der Waals surface area contributed by atoms with Gasteiger partial charge in [-0.3, -0.25) is 9.59 Å². The predicted molar refractivity (Wildman–Crippen MR) is 64.7 cm³/mol. The maximum Gasteiger partial charge on any atom is 0.240 e. The minimum absolute atomic E-state index is 0.0144. The van der Waals surface area contributed by atoms with Crippen LogP contribution in [0.3, 0.4) is 0 Å². The van der Waals surface area contributed by atoms with Crippen LogP contribution in [0.5, 0.6) is 0 Å². The van der Waals surface area contributed by atoms with Crippen molar-refractivity contribution in [2.24, 2.45) is 17.6 Å². The van der Waals surface area contributed by atoms with Crippen molar-refractivity contribution in [3.05, 3.63) is 0 Å². The summed E-state index contributed by atoms with van der Waals surface area (Å²) < 4.78 is 0. The monoisotopic (exact) mass is 228 g/mol. The molecule has 0 aromatic rings. The Morgan fingerprint density at radius 1 is 1.12 bits per heavy atom. The minimum atomic E-state index is -0.480. The lowest BCUT2D eigenvalue weighted by Crippen LogP contribution is -2.46. The Kier molecular flexibility index (Phi) is 6.08. The van der Waals surface area contributed by atoms with Crippen LogP contribution in [0, 0.1) is 11.8 Å². The first-order valence-corrected chi connectivity index (χ1v) is 5.80. The van der Waals surface area contributed by atoms with Gasteiger partial charge >= 0.3 is 0 Å². The van der Waals surface area contributed by atoms with Crippen molar-refractivity contribution in [2.75, 3.05) is 7.05 Å². The van der Waals surface area contributed by atoms with E-state index < -0.39 is 11.9 Å². The zero-order valence-corrected chi connectivity index (χ0v) is 11.0. The third kappa shape index (κ3) is 5.14. The Morgan fingerprint density at radius 2 is 1.62 bits per heavy atom. The summed E-state index contributed by atoms with van der Waals surface area (Å²) in [6.07, 6.45) is 1.08. The van der Waals surface area contributed by atoms with E-state index in [4.69, 9.17) is 5.73 Å². The van der Waals surface area contributed by atoms with Crippen LogP contribution in [-0.4, -0.2) is 29.8 Å². The molecule has 0 radical (unpaired) electrons. The molecule has 1 atom stereocenters. The quantitative estimate of drug-likeness (QED) is 0.746. The second kappa shape index (κ2) is 6.51. The number of nitrogens with two attached hydrogens (primary N) is 1. The van der Waals surface area contributed by atoms with E-state index in [0.29, 0.717) is 24.7 Å². The standard InChI is InChI=1S/C12H24N2O2/c1-8(2)6-10(12(13)16)14(5)11(15)7-9(3)4/h8-10H,6-7H2,1-5H3,(H2,13,16). The molecule has 0 aromatic carbocycles. The van der Waals surface area contributed by atoms with E-state index in [9.17, 15) is 9.59 Å². The van der Waals surface area contributed by atoms with Gasteiger partial charge in [0.2, 0.25) is 11.8 Å². The van der Waals surface area contributed by atoms with Crippen LogP contribution in [-0.2, 0) is 9.59 Å². The molecule has 0 heterocycles. The highest BCUT2D eigenvalue weighted by molar-refractivity contribution is 5.86. The number of amides is 2. The SMILES string of the molecule is CC(C)CC(=O)N(C)C(CC(C)C)C(N)=O. The van der Waals surface area contributed by atoms with Gasteiger partial charge in [0.15, 0.2) is 0 Å². The summed E-state index contributed by atoms with van der Waals surface area (Å²) in [6.45, 7) is 7.98. The number of carbonyl (C=O) groups excluding carboxylic acids is 2. The normalized spacial score (nSPS) is 12.9. The van der Waals surface area contributed by atoms with Gasteiger partial charge in [-0.15, -0.1) is 0 Å². The highest BCUT2D eigenvalue weighted by Gasteiger charge is 2.25. The zero-order valence-electron chi connectivity index (χ0n) is 11.0. The molecular weight excluding hydrogens is 204 g/mol. The van der Waals surface area contributed by atoms with Crippen molar-refractivity contribution in [3.8, 4) is 0 Å². The van der Waals surface area contributed by atoms with Crippen molar-refractivity contribution < 1.29 is 9.59 Å². The van der Waals surface area contributed by atoms with Crippen molar-refractivity contribution >= 4 is 11.8 Å². The molecule has 0 rings (SSSR count). The lowest BCUT2D eigenvalue weighted by molar-refractivity contribution is -0.138. The van der Waals surface area contributed by atoms with E-state index in [0.717, 1.165) is 0 Å². The smallest absolute Gasteiger partial charge is 0.240 e. The van der Waals surface area contributed by atoms with Gasteiger partial charge in [0.25, 0.3) is 0 Å². The van der Waals surface area contributed by atoms with Crippen LogP contribution < -0.4 is 5.73 Å². The lowest BCUT2D eigenvalue weighted by Gasteiger charge is -2.27. The summed E-state index contributed by atoms with van der Waals surface area (Å²) >= 11 is 0. The third-order valence-electron chi connectivity index (χ3n) is 2.47. The minimum Gasteiger partial charge on any atom is -0.368 e. The molecule has 2 N–H and O–H groups in total. The van der Waals surface area contributed by atoms with Gasteiger partial charge in [-0.1, -0.05) is 27.7 Å². The van der Waals surface area contributed by atoms with Gasteiger partial charge in [-0.05, 0) is 18.3 Å². The van der Waals surface area contributed by atoms with Crippen molar-refractivity contribution in [1.82, 2.24) is 4.90 Å². The molecule has 0 aliphatic rings. The molecule has 0 saturated heterocycles. The first-order chi connectivity index (χ1) is 7.25. The molecular formula is C12H24N2O2. The van der Waals surface area contributed by atoms with Crippen LogP contribution >= 0.6 is 0 Å². The Bertz CT molecular complexity index is 249. The van der Waals surface area contributed by atoms with Gasteiger partial charge in [-0.25, -0.2) is 0 Å². The molecule has 1 unspecified atom stereocenters. The fraction of sp³-hybridized carbons (Fsp3) is 0.833. The number of likely N-dealkylation sites (N-methyl/N-ethyl adjacent to an activating group) is 1. The Labute approximate surface area is 98.2 Å². The number of rotatable bonds is 6. The van der Waals surface area contributed by atoms with Gasteiger partial charge < -0.3 is 10.6 Å². The first kappa shape index (κ1) is 14.9. The molecule has 0 saturated carbocycles. The number of carbonyl (C=O) groups is 2. The van der Waals surface area contributed by atoms with E-state index in [2.05, 4.69) is 0 Å². The van der Waals surface area contributed by atoms with Gasteiger partial charge in [0, 0.05) is 13.5 Å². The van der Waals surface area contributed by atoms with Crippen molar-refractivity contribution in [1.29, 1.82) is 0 Å². The fourth-order valence-electron chi connectivity index (χ4n) is 1.58. The summed E-state index contributed by atoms with van der Waals surface area (Å²) in [7, 11) is 1.66. The van der Waals surface area contributed by atoms with Crippen LogP contribution in [0.15, 0.2) is 0 Å². The Hall–Kier alpha value is -1.06. The van der Waals surface area contributed by atoms with Gasteiger partial charge in [-0.2, -0.15) is 0 Å². The number of primary amides is 1. The highest BCUT2D eigenvalue weighted by atomic mass is 16.2. The Morgan fingerprint density at radius 3 is 1.94 bits per heavy atom. The lowest BCUT2D eigenvalue weighted by atomic mass is 10.0. The van der Waals surface area contributed by atoms with E-state index in [1.54, 1.807) is 7.05 Å². The maximum atomic E-state index is 11.8. The average Bonchev–Trinajstić information content (AvgIpc) is 2.11. The van der Waals surface area contributed by atoms with Crippen molar-refractivity contribution in [2.45, 2.75) is 46.6 Å². The van der Waals surface area contributed by atoms with E-state index in [1.165, 1.54) is 4.90 Å². The first-order valence-electron chi connectivity index (χ1n) is 5.80. The summed E-state index contributed by atoms with van der Waals surface area (Å²) in [6, 6.07) is -0.480. The number of hydrogen-bond donors (Lipinski definition) is 1. The van der Waals surface area contributed by atoms with E-state index in [1.807, 2.05) is 27.7 Å². The highest BCUT2D eigenvalue weighted by Crippen LogP contribution is 2.12. The van der Waals surface area contributed by atoms with Crippen LogP contribution in [0.2, 0.25) is 0 Å². The fourth-order valence-corrected chi connectivity index (χ4v) is 1.58. The van der Waals surface area contributed by atoms with E-state index >= 15 is 0 Å². The molecule has 94 valence electrons. The maximum absolute atomic E-state index is 11.8. The topological polar surface area (TPSA) is 63.4 Å². The molecule has 0 bridgehead atoms. The zero-order chi connectivity index (χ0) is 12.9. The summed E-state index contributed by atoms with van der Waals surface area (Å²) in [4.78, 5) is 24.6. The largest absolute Gasteiger partial charge is 0.368 e. The second-order valence-electron chi connectivity index (χ2n) is 5.15. The molecule has 0 aliphatic carbocycles. The molecule has 16 heavy (non-hydrogen) atoms. The van der Waals surface area contributed by atoms with Crippen molar-refractivity contribution in [3.63, 3.8) is 0 Å². The summed E-state index contributed by atoms with van der Waals surface area (Å²) in [5.41, 5.74) is 5.32. The summed E-state index contributed by atoms with van der Waals surface area (Å²) in [5, 5.41) is 0. The average molecular weight is 228 g/mol. The molecule has 4 nitrogen and oxygen atoms in total. The van der Waals surface area contributed by atoms with E-state index in [-0.39, 0.29) is 5.91 Å².